The maximum atomic E-state index is 11.4. The number of rotatable bonds is 9. The molecule has 2 aromatic rings. The smallest absolute Gasteiger partial charge is 0.337 e. The van der Waals surface area contributed by atoms with Gasteiger partial charge < -0.3 is 21.5 Å². The number of thioether (sulfide) groups is 2. The third-order valence-electron chi connectivity index (χ3n) is 3.45. The number of nitrogens with two attached hydrogens (primary N) is 2. The first-order chi connectivity index (χ1) is 13.1. The topological polar surface area (TPSA) is 103 Å². The fourth-order valence-electron chi connectivity index (χ4n) is 2.14. The highest BCUT2D eigenvalue weighted by Gasteiger charge is 2.05. The molecule has 2 rings (SSSR count). The number of nitrogens with one attached hydrogen (secondary N) is 1. The van der Waals surface area contributed by atoms with E-state index in [9.17, 15) is 4.79 Å². The van der Waals surface area contributed by atoms with Crippen LogP contribution in [0.1, 0.15) is 16.8 Å². The third-order valence-corrected chi connectivity index (χ3v) is 5.33. The van der Waals surface area contributed by atoms with Gasteiger partial charge in [0.05, 0.1) is 18.4 Å². The summed E-state index contributed by atoms with van der Waals surface area (Å²) < 4.78 is 4.66. The SMILES string of the molecule is COC(=O)c1ccc(N=C(N)SCCCSC(N)Nc2ccccc2)cc1. The van der Waals surface area contributed by atoms with Gasteiger partial charge in [0.2, 0.25) is 0 Å². The van der Waals surface area contributed by atoms with Crippen molar-refractivity contribution in [2.45, 2.75) is 11.9 Å². The van der Waals surface area contributed by atoms with Gasteiger partial charge in [-0.3, -0.25) is 0 Å². The van der Waals surface area contributed by atoms with Crippen molar-refractivity contribution >= 4 is 46.0 Å². The number of para-hydroxylation sites is 1. The molecule has 0 aliphatic rings. The molecule has 0 aliphatic heterocycles. The van der Waals surface area contributed by atoms with Gasteiger partial charge in [-0.1, -0.05) is 30.0 Å². The average molecular weight is 405 g/mol. The van der Waals surface area contributed by atoms with Gasteiger partial charge in [0.1, 0.15) is 5.50 Å². The van der Waals surface area contributed by atoms with Crippen LogP contribution in [0.4, 0.5) is 11.4 Å². The van der Waals surface area contributed by atoms with E-state index in [0.29, 0.717) is 16.4 Å². The van der Waals surface area contributed by atoms with Gasteiger partial charge in [-0.05, 0) is 48.6 Å². The van der Waals surface area contributed by atoms with Crippen LogP contribution in [0.25, 0.3) is 0 Å². The predicted octanol–water partition coefficient (Wildman–Crippen LogP) is 3.63. The molecule has 0 fully saturated rings. The number of hydrogen-bond acceptors (Lipinski definition) is 7. The number of esters is 1. The number of carbonyl (C=O) groups is 1. The summed E-state index contributed by atoms with van der Waals surface area (Å²) in [6, 6.07) is 16.7. The maximum absolute atomic E-state index is 11.4. The number of hydrogen-bond donors (Lipinski definition) is 3. The molecule has 0 spiro atoms. The molecule has 0 bridgehead atoms. The Morgan fingerprint density at radius 3 is 2.52 bits per heavy atom. The standard InChI is InChI=1S/C19H24N4O2S2/c1-25-17(24)14-8-10-16(11-9-14)23-19(21)27-13-5-12-26-18(20)22-15-6-3-2-4-7-15/h2-4,6-11,18,22H,5,12-13,20H2,1H3,(H2,21,23). The number of methoxy groups -OCH3 is 1. The maximum Gasteiger partial charge on any atom is 0.337 e. The van der Waals surface area contributed by atoms with Gasteiger partial charge >= 0.3 is 5.97 Å². The minimum Gasteiger partial charge on any atom is -0.465 e. The summed E-state index contributed by atoms with van der Waals surface area (Å²) in [4.78, 5) is 15.7. The van der Waals surface area contributed by atoms with Gasteiger partial charge in [0.25, 0.3) is 0 Å². The molecule has 6 nitrogen and oxygen atoms in total. The van der Waals surface area contributed by atoms with Gasteiger partial charge in [-0.15, -0.1) is 11.8 Å². The zero-order valence-corrected chi connectivity index (χ0v) is 16.8. The van der Waals surface area contributed by atoms with Crippen LogP contribution in [0, 0.1) is 0 Å². The van der Waals surface area contributed by atoms with Crippen molar-refractivity contribution in [1.29, 1.82) is 0 Å². The van der Waals surface area contributed by atoms with Crippen LogP contribution in [-0.4, -0.2) is 35.3 Å². The Morgan fingerprint density at radius 1 is 1.15 bits per heavy atom. The zero-order valence-electron chi connectivity index (χ0n) is 15.1. The molecule has 5 N–H and O–H groups in total. The first kappa shape index (κ1) is 21.1. The number of amidine groups is 1. The fraction of sp³-hybridized carbons (Fsp3) is 0.263. The van der Waals surface area contributed by atoms with Crippen molar-refractivity contribution < 1.29 is 9.53 Å². The average Bonchev–Trinajstić information content (AvgIpc) is 2.68. The molecule has 0 saturated carbocycles. The summed E-state index contributed by atoms with van der Waals surface area (Å²) in [5.41, 5.74) is 14.1. The molecule has 1 atom stereocenters. The fourth-order valence-corrected chi connectivity index (χ4v) is 3.77. The molecule has 0 aromatic heterocycles. The summed E-state index contributed by atoms with van der Waals surface area (Å²) in [5.74, 6) is 1.42. The number of nitrogens with zero attached hydrogens (tertiary/aromatic N) is 1. The van der Waals surface area contributed by atoms with Crippen LogP contribution in [0.15, 0.2) is 59.6 Å². The summed E-state index contributed by atoms with van der Waals surface area (Å²) in [7, 11) is 1.35. The highest BCUT2D eigenvalue weighted by atomic mass is 32.2. The van der Waals surface area contributed by atoms with E-state index < -0.39 is 0 Å². The Bertz CT molecular complexity index is 739. The monoisotopic (exact) mass is 404 g/mol. The number of ether oxygens (including phenoxy) is 1. The second-order valence-electron chi connectivity index (χ2n) is 5.49. The largest absolute Gasteiger partial charge is 0.465 e. The molecule has 0 radical (unpaired) electrons. The van der Waals surface area contributed by atoms with Crippen LogP contribution in [0.3, 0.4) is 0 Å². The van der Waals surface area contributed by atoms with Crippen molar-refractivity contribution in [2.24, 2.45) is 16.5 Å². The van der Waals surface area contributed by atoms with E-state index in [-0.39, 0.29) is 11.5 Å². The zero-order chi connectivity index (χ0) is 19.5. The summed E-state index contributed by atoms with van der Waals surface area (Å²) in [5, 5.41) is 3.74. The molecule has 0 amide bonds. The first-order valence-electron chi connectivity index (χ1n) is 8.42. The predicted molar refractivity (Wildman–Crippen MR) is 117 cm³/mol. The second-order valence-corrected chi connectivity index (χ2v) is 7.86. The normalized spacial score (nSPS) is 12.4. The van der Waals surface area contributed by atoms with Crippen molar-refractivity contribution in [3.8, 4) is 0 Å². The van der Waals surface area contributed by atoms with Crippen LogP contribution >= 0.6 is 23.5 Å². The van der Waals surface area contributed by atoms with Gasteiger partial charge in [0.15, 0.2) is 5.17 Å². The lowest BCUT2D eigenvalue weighted by Gasteiger charge is -2.14. The number of aliphatic imine (C=N–C) groups is 1. The number of benzene rings is 2. The van der Waals surface area contributed by atoms with Crippen molar-refractivity contribution in [3.63, 3.8) is 0 Å². The molecular formula is C19H24N4O2S2. The lowest BCUT2D eigenvalue weighted by Crippen LogP contribution is -2.26. The second kappa shape index (κ2) is 11.5. The Morgan fingerprint density at radius 2 is 1.85 bits per heavy atom. The Labute approximate surface area is 168 Å². The van der Waals surface area contributed by atoms with Crippen molar-refractivity contribution in [2.75, 3.05) is 23.9 Å². The van der Waals surface area contributed by atoms with E-state index in [1.807, 2.05) is 30.3 Å². The van der Waals surface area contributed by atoms with Gasteiger partial charge in [0, 0.05) is 11.4 Å². The summed E-state index contributed by atoms with van der Waals surface area (Å²) >= 11 is 3.17. The van der Waals surface area contributed by atoms with Crippen molar-refractivity contribution in [3.05, 3.63) is 60.2 Å². The molecular weight excluding hydrogens is 380 g/mol. The Balaban J connectivity index is 1.66. The van der Waals surface area contributed by atoms with E-state index in [0.717, 1.165) is 23.6 Å². The Hall–Kier alpha value is -2.16. The molecule has 27 heavy (non-hydrogen) atoms. The molecule has 1 unspecified atom stereocenters. The molecule has 0 heterocycles. The molecule has 0 saturated heterocycles. The van der Waals surface area contributed by atoms with Gasteiger partial charge in [-0.2, -0.15) is 0 Å². The lowest BCUT2D eigenvalue weighted by molar-refractivity contribution is 0.0601. The van der Waals surface area contributed by atoms with Crippen molar-refractivity contribution in [1.82, 2.24) is 0 Å². The molecule has 0 aliphatic carbocycles. The number of anilines is 1. The third kappa shape index (κ3) is 7.94. The van der Waals surface area contributed by atoms with Crippen LogP contribution in [0.5, 0.6) is 0 Å². The summed E-state index contributed by atoms with van der Waals surface area (Å²) in [6.45, 7) is 0. The first-order valence-corrected chi connectivity index (χ1v) is 10.5. The number of carbonyl (C=O) groups excluding carboxylic acids is 1. The van der Waals surface area contributed by atoms with Crippen LogP contribution in [0.2, 0.25) is 0 Å². The molecule has 144 valence electrons. The summed E-state index contributed by atoms with van der Waals surface area (Å²) in [6.07, 6.45) is 0.969. The van der Waals surface area contributed by atoms with E-state index in [4.69, 9.17) is 11.5 Å². The lowest BCUT2D eigenvalue weighted by atomic mass is 10.2. The van der Waals surface area contributed by atoms with Crippen LogP contribution in [-0.2, 0) is 4.74 Å². The van der Waals surface area contributed by atoms with E-state index in [1.54, 1.807) is 36.0 Å². The highest BCUT2D eigenvalue weighted by molar-refractivity contribution is 8.13. The minimum absolute atomic E-state index is 0.142. The van der Waals surface area contributed by atoms with E-state index in [1.165, 1.54) is 18.9 Å². The molecule has 8 heteroatoms. The molecule has 2 aromatic carbocycles. The quantitative estimate of drug-likeness (QED) is 0.193. The minimum atomic E-state index is -0.370. The Kier molecular flexibility index (Phi) is 9.03. The van der Waals surface area contributed by atoms with Gasteiger partial charge in [-0.25, -0.2) is 9.79 Å². The highest BCUT2D eigenvalue weighted by Crippen LogP contribution is 2.17. The van der Waals surface area contributed by atoms with E-state index in [2.05, 4.69) is 15.0 Å². The van der Waals surface area contributed by atoms with E-state index >= 15 is 0 Å². The van der Waals surface area contributed by atoms with Crippen LogP contribution < -0.4 is 16.8 Å².